The number of aliphatic carboxylic acids is 1. The van der Waals surface area contributed by atoms with Gasteiger partial charge < -0.3 is 10.2 Å². The number of carbonyl (C=O) groups is 2. The highest BCUT2D eigenvalue weighted by atomic mass is 16.4. The van der Waals surface area contributed by atoms with Crippen LogP contribution in [0.3, 0.4) is 0 Å². The molecule has 0 fully saturated rings. The van der Waals surface area contributed by atoms with E-state index in [2.05, 4.69) is 0 Å². The molecule has 0 aliphatic heterocycles. The van der Waals surface area contributed by atoms with Gasteiger partial charge in [0.15, 0.2) is 6.10 Å². The molecule has 5 nitrogen and oxygen atoms in total. The fourth-order valence-corrected chi connectivity index (χ4v) is 1.36. The van der Waals surface area contributed by atoms with E-state index in [9.17, 15) is 14.7 Å². The van der Waals surface area contributed by atoms with E-state index in [4.69, 9.17) is 10.4 Å². The van der Waals surface area contributed by atoms with Crippen LogP contribution in [-0.4, -0.2) is 22.5 Å². The Morgan fingerprint density at radius 3 is 2.62 bits per heavy atom. The number of aliphatic hydroxyl groups is 1. The van der Waals surface area contributed by atoms with Crippen LogP contribution >= 0.6 is 0 Å². The highest BCUT2D eigenvalue weighted by molar-refractivity contribution is 5.80. The molecule has 0 bridgehead atoms. The van der Waals surface area contributed by atoms with Gasteiger partial charge in [-0.05, 0) is 30.2 Å². The molecule has 16 heavy (non-hydrogen) atoms. The Labute approximate surface area is 91.6 Å². The Balaban J connectivity index is 3.44. The molecule has 1 rings (SSSR count). The monoisotopic (exact) mass is 219 g/mol. The average Bonchev–Trinajstić information content (AvgIpc) is 2.28. The zero-order chi connectivity index (χ0) is 12.3. The molecule has 2 N–H and O–H groups in total. The highest BCUT2D eigenvalue weighted by Crippen LogP contribution is 2.22. The van der Waals surface area contributed by atoms with Crippen molar-refractivity contribution in [2.45, 2.75) is 13.0 Å². The molecule has 5 heteroatoms. The first kappa shape index (κ1) is 11.9. The van der Waals surface area contributed by atoms with Crippen LogP contribution in [0, 0.1) is 18.3 Å². The second-order valence-corrected chi connectivity index (χ2v) is 3.25. The molecule has 1 aromatic carbocycles. The maximum atomic E-state index is 10.6. The van der Waals surface area contributed by atoms with Crippen LogP contribution in [0.4, 0.5) is 0 Å². The highest BCUT2D eigenvalue weighted by Gasteiger charge is 2.20. The Hall–Kier alpha value is -2.19. The minimum atomic E-state index is -1.73. The van der Waals surface area contributed by atoms with Crippen molar-refractivity contribution in [3.8, 4) is 6.07 Å². The smallest absolute Gasteiger partial charge is 0.337 e. The lowest BCUT2D eigenvalue weighted by atomic mass is 9.96. The summed E-state index contributed by atoms with van der Waals surface area (Å²) >= 11 is 0. The van der Waals surface area contributed by atoms with E-state index in [-0.39, 0.29) is 16.7 Å². The molecule has 0 radical (unpaired) electrons. The van der Waals surface area contributed by atoms with E-state index >= 15 is 0 Å². The Bertz CT molecular complexity index is 487. The number of nitrogens with zero attached hydrogens (tertiary/aromatic N) is 1. The predicted molar refractivity (Wildman–Crippen MR) is 53.9 cm³/mol. The number of carboxylic acid groups (broad SMARTS) is 1. The van der Waals surface area contributed by atoms with Crippen LogP contribution in [0.2, 0.25) is 0 Å². The average molecular weight is 219 g/mol. The fourth-order valence-electron chi connectivity index (χ4n) is 1.36. The number of carbonyl (C=O) groups excluding carboxylic acids is 1. The summed E-state index contributed by atoms with van der Waals surface area (Å²) in [5.41, 5.74) is 0.772. The number of hydrogen-bond acceptors (Lipinski definition) is 4. The van der Waals surface area contributed by atoms with Crippen LogP contribution < -0.4 is 0 Å². The van der Waals surface area contributed by atoms with Crippen LogP contribution in [0.1, 0.15) is 33.2 Å². The number of aliphatic hydroxyl groups excluding tert-OH is 1. The molecule has 82 valence electrons. The largest absolute Gasteiger partial charge is 0.479 e. The number of aldehydes is 1. The molecule has 0 aliphatic rings. The van der Waals surface area contributed by atoms with Crippen molar-refractivity contribution < 1.29 is 19.8 Å². The van der Waals surface area contributed by atoms with E-state index < -0.39 is 12.1 Å². The summed E-state index contributed by atoms with van der Waals surface area (Å²) in [5, 5.41) is 26.8. The zero-order valence-corrected chi connectivity index (χ0v) is 8.47. The van der Waals surface area contributed by atoms with E-state index in [1.165, 1.54) is 19.1 Å². The van der Waals surface area contributed by atoms with Gasteiger partial charge >= 0.3 is 5.97 Å². The van der Waals surface area contributed by atoms with Gasteiger partial charge in [-0.3, -0.25) is 4.79 Å². The third kappa shape index (κ3) is 2.07. The minimum absolute atomic E-state index is 0.0636. The second-order valence-electron chi connectivity index (χ2n) is 3.25. The lowest BCUT2D eigenvalue weighted by molar-refractivity contribution is -0.147. The summed E-state index contributed by atoms with van der Waals surface area (Å²) in [6.07, 6.45) is -1.23. The molecule has 0 spiro atoms. The first-order chi connectivity index (χ1) is 7.51. The topological polar surface area (TPSA) is 98.4 Å². The van der Waals surface area contributed by atoms with Crippen LogP contribution in [0.25, 0.3) is 0 Å². The number of carboxylic acids is 1. The normalized spacial score (nSPS) is 11.6. The molecule has 0 aliphatic carbocycles. The van der Waals surface area contributed by atoms with E-state index in [1.807, 2.05) is 6.07 Å². The van der Waals surface area contributed by atoms with Crippen molar-refractivity contribution in [2.75, 3.05) is 0 Å². The molecule has 0 heterocycles. The second kappa shape index (κ2) is 4.55. The van der Waals surface area contributed by atoms with Crippen molar-refractivity contribution in [2.24, 2.45) is 0 Å². The van der Waals surface area contributed by atoms with E-state index in [0.717, 1.165) is 0 Å². The van der Waals surface area contributed by atoms with Gasteiger partial charge in [-0.2, -0.15) is 5.26 Å². The predicted octanol–water partition coefficient (Wildman–Crippen LogP) is 0.797. The molecular formula is C11H9NO4. The number of rotatable bonds is 3. The third-order valence-corrected chi connectivity index (χ3v) is 2.26. The quantitative estimate of drug-likeness (QED) is 0.732. The van der Waals surface area contributed by atoms with Crippen LogP contribution in [0.5, 0.6) is 0 Å². The Kier molecular flexibility index (Phi) is 3.38. The molecule has 0 saturated carbocycles. The van der Waals surface area contributed by atoms with Gasteiger partial charge in [0.05, 0.1) is 11.6 Å². The van der Waals surface area contributed by atoms with Gasteiger partial charge in [-0.15, -0.1) is 0 Å². The summed E-state index contributed by atoms with van der Waals surface area (Å²) in [6, 6.07) is 4.45. The van der Waals surface area contributed by atoms with Crippen molar-refractivity contribution in [1.29, 1.82) is 5.26 Å². The van der Waals surface area contributed by atoms with Gasteiger partial charge in [0.2, 0.25) is 0 Å². The molecule has 1 unspecified atom stereocenters. The number of hydrogen-bond donors (Lipinski definition) is 2. The van der Waals surface area contributed by atoms with Gasteiger partial charge in [0, 0.05) is 5.56 Å². The van der Waals surface area contributed by atoms with Gasteiger partial charge in [0.1, 0.15) is 6.29 Å². The molecule has 1 atom stereocenters. The summed E-state index contributed by atoms with van der Waals surface area (Å²) in [5.74, 6) is -1.42. The van der Waals surface area contributed by atoms with E-state index in [0.29, 0.717) is 11.8 Å². The van der Waals surface area contributed by atoms with Crippen molar-refractivity contribution in [1.82, 2.24) is 0 Å². The van der Waals surface area contributed by atoms with Crippen molar-refractivity contribution in [3.05, 3.63) is 34.4 Å². The van der Waals surface area contributed by atoms with Crippen molar-refractivity contribution >= 4 is 12.3 Å². The maximum absolute atomic E-state index is 10.6. The van der Waals surface area contributed by atoms with Gasteiger partial charge in [-0.25, -0.2) is 4.79 Å². The molecule has 0 amide bonds. The standard InChI is InChI=1S/C11H9NO4/c1-6-8(4-12)2-7(5-13)3-9(6)10(14)11(15)16/h2-3,5,10,14H,1H3,(H,15,16). The maximum Gasteiger partial charge on any atom is 0.337 e. The molecule has 0 saturated heterocycles. The lowest BCUT2D eigenvalue weighted by Gasteiger charge is -2.11. The fraction of sp³-hybridized carbons (Fsp3) is 0.182. The van der Waals surface area contributed by atoms with Crippen LogP contribution in [0.15, 0.2) is 12.1 Å². The molecular weight excluding hydrogens is 210 g/mol. The molecule has 1 aromatic rings. The first-order valence-corrected chi connectivity index (χ1v) is 4.42. The van der Waals surface area contributed by atoms with E-state index in [1.54, 1.807) is 0 Å². The van der Waals surface area contributed by atoms with Crippen molar-refractivity contribution in [3.63, 3.8) is 0 Å². The van der Waals surface area contributed by atoms with Crippen LogP contribution in [-0.2, 0) is 4.79 Å². The van der Waals surface area contributed by atoms with Gasteiger partial charge in [-0.1, -0.05) is 0 Å². The summed E-state index contributed by atoms with van der Waals surface area (Å²) in [6.45, 7) is 1.52. The Morgan fingerprint density at radius 1 is 1.56 bits per heavy atom. The Morgan fingerprint density at radius 2 is 2.19 bits per heavy atom. The summed E-state index contributed by atoms with van der Waals surface area (Å²) < 4.78 is 0. The minimum Gasteiger partial charge on any atom is -0.479 e. The third-order valence-electron chi connectivity index (χ3n) is 2.26. The SMILES string of the molecule is Cc1c(C#N)cc(C=O)cc1C(O)C(=O)O. The van der Waals surface area contributed by atoms with Gasteiger partial charge in [0.25, 0.3) is 0 Å². The number of benzene rings is 1. The molecule has 0 aromatic heterocycles. The first-order valence-electron chi connectivity index (χ1n) is 4.42. The summed E-state index contributed by atoms with van der Waals surface area (Å²) in [4.78, 5) is 21.2. The zero-order valence-electron chi connectivity index (χ0n) is 8.47. The number of nitriles is 1. The summed E-state index contributed by atoms with van der Waals surface area (Å²) in [7, 11) is 0. The lowest BCUT2D eigenvalue weighted by Crippen LogP contribution is -2.13.